The number of amides is 1. The van der Waals surface area contributed by atoms with Gasteiger partial charge in [-0.2, -0.15) is 0 Å². The molecule has 1 saturated carbocycles. The van der Waals surface area contributed by atoms with Crippen molar-refractivity contribution in [3.8, 4) is 0 Å². The normalized spacial score (nSPS) is 32.5. The molecule has 1 aliphatic carbocycles. The smallest absolute Gasteiger partial charge is 0.223 e. The molecule has 2 atom stereocenters. The van der Waals surface area contributed by atoms with Gasteiger partial charge in [-0.3, -0.25) is 4.79 Å². The Labute approximate surface area is 92.2 Å². The SMILES string of the molecule is CC1CN(C(=O)CC2CCC2)C(C)CN1. The largest absolute Gasteiger partial charge is 0.337 e. The molecule has 1 saturated heterocycles. The molecule has 2 fully saturated rings. The molecule has 1 aliphatic heterocycles. The number of hydrogen-bond donors (Lipinski definition) is 1. The van der Waals surface area contributed by atoms with E-state index in [0.717, 1.165) is 19.5 Å². The van der Waals surface area contributed by atoms with Crippen LogP contribution >= 0.6 is 0 Å². The molecule has 15 heavy (non-hydrogen) atoms. The summed E-state index contributed by atoms with van der Waals surface area (Å²) in [4.78, 5) is 14.1. The van der Waals surface area contributed by atoms with E-state index in [0.29, 0.717) is 23.9 Å². The van der Waals surface area contributed by atoms with Gasteiger partial charge in [-0.15, -0.1) is 0 Å². The van der Waals surface area contributed by atoms with Crippen LogP contribution in [0.25, 0.3) is 0 Å². The van der Waals surface area contributed by atoms with Crippen molar-refractivity contribution in [3.05, 3.63) is 0 Å². The molecule has 0 bridgehead atoms. The van der Waals surface area contributed by atoms with Gasteiger partial charge in [-0.1, -0.05) is 6.42 Å². The molecule has 1 amide bonds. The second kappa shape index (κ2) is 4.52. The van der Waals surface area contributed by atoms with Crippen molar-refractivity contribution in [2.45, 2.75) is 51.6 Å². The average Bonchev–Trinajstić information content (AvgIpc) is 2.15. The maximum Gasteiger partial charge on any atom is 0.223 e. The highest BCUT2D eigenvalue weighted by molar-refractivity contribution is 5.77. The first-order chi connectivity index (χ1) is 7.16. The van der Waals surface area contributed by atoms with E-state index in [-0.39, 0.29) is 0 Å². The van der Waals surface area contributed by atoms with E-state index in [1.54, 1.807) is 0 Å². The van der Waals surface area contributed by atoms with E-state index in [9.17, 15) is 4.79 Å². The van der Waals surface area contributed by atoms with Crippen molar-refractivity contribution in [2.24, 2.45) is 5.92 Å². The van der Waals surface area contributed by atoms with Crippen LogP contribution in [-0.4, -0.2) is 36.0 Å². The maximum atomic E-state index is 12.1. The molecule has 86 valence electrons. The van der Waals surface area contributed by atoms with Crippen LogP contribution in [0.4, 0.5) is 0 Å². The summed E-state index contributed by atoms with van der Waals surface area (Å²) >= 11 is 0. The molecule has 1 heterocycles. The zero-order valence-corrected chi connectivity index (χ0v) is 9.83. The Morgan fingerprint density at radius 3 is 2.73 bits per heavy atom. The Kier molecular flexibility index (Phi) is 3.29. The van der Waals surface area contributed by atoms with Crippen LogP contribution < -0.4 is 5.32 Å². The topological polar surface area (TPSA) is 32.3 Å². The Morgan fingerprint density at radius 2 is 2.13 bits per heavy atom. The molecular formula is C12H22N2O. The van der Waals surface area contributed by atoms with E-state index >= 15 is 0 Å². The summed E-state index contributed by atoms with van der Waals surface area (Å²) in [6, 6.07) is 0.820. The number of nitrogens with zero attached hydrogens (tertiary/aromatic N) is 1. The molecule has 2 aliphatic rings. The van der Waals surface area contributed by atoms with Crippen molar-refractivity contribution in [1.82, 2.24) is 10.2 Å². The Bertz CT molecular complexity index is 238. The lowest BCUT2D eigenvalue weighted by atomic mass is 9.82. The van der Waals surface area contributed by atoms with E-state index in [2.05, 4.69) is 24.1 Å². The third-order valence-electron chi connectivity index (χ3n) is 3.77. The summed E-state index contributed by atoms with van der Waals surface area (Å²) in [5.41, 5.74) is 0. The summed E-state index contributed by atoms with van der Waals surface area (Å²) in [5, 5.41) is 3.40. The predicted molar refractivity (Wildman–Crippen MR) is 60.6 cm³/mol. The van der Waals surface area contributed by atoms with Gasteiger partial charge in [0.2, 0.25) is 5.91 Å². The molecule has 3 heteroatoms. The molecule has 2 unspecified atom stereocenters. The highest BCUT2D eigenvalue weighted by atomic mass is 16.2. The Morgan fingerprint density at radius 1 is 1.40 bits per heavy atom. The number of rotatable bonds is 2. The van der Waals surface area contributed by atoms with Gasteiger partial charge in [0.1, 0.15) is 0 Å². The highest BCUT2D eigenvalue weighted by Crippen LogP contribution is 2.30. The van der Waals surface area contributed by atoms with Gasteiger partial charge in [0, 0.05) is 31.6 Å². The quantitative estimate of drug-likeness (QED) is 0.747. The molecule has 3 nitrogen and oxygen atoms in total. The predicted octanol–water partition coefficient (Wildman–Crippen LogP) is 1.39. The Balaban J connectivity index is 1.86. The van der Waals surface area contributed by atoms with Crippen LogP contribution in [0.3, 0.4) is 0 Å². The van der Waals surface area contributed by atoms with Gasteiger partial charge in [0.05, 0.1) is 0 Å². The van der Waals surface area contributed by atoms with Crippen LogP contribution in [0.5, 0.6) is 0 Å². The molecule has 1 N–H and O–H groups in total. The second-order valence-electron chi connectivity index (χ2n) is 5.21. The van der Waals surface area contributed by atoms with Crippen molar-refractivity contribution < 1.29 is 4.79 Å². The fourth-order valence-corrected chi connectivity index (χ4v) is 2.43. The number of nitrogens with one attached hydrogen (secondary N) is 1. The standard InChI is InChI=1S/C12H22N2O/c1-9-8-14(10(2)7-13-9)12(15)6-11-4-3-5-11/h9-11,13H,3-8H2,1-2H3. The van der Waals surface area contributed by atoms with Crippen molar-refractivity contribution in [1.29, 1.82) is 0 Å². The number of hydrogen-bond acceptors (Lipinski definition) is 2. The van der Waals surface area contributed by atoms with Crippen molar-refractivity contribution in [3.63, 3.8) is 0 Å². The first-order valence-corrected chi connectivity index (χ1v) is 6.19. The first-order valence-electron chi connectivity index (χ1n) is 6.19. The summed E-state index contributed by atoms with van der Waals surface area (Å²) in [6.07, 6.45) is 4.64. The van der Waals surface area contributed by atoms with Gasteiger partial charge >= 0.3 is 0 Å². The van der Waals surface area contributed by atoms with Crippen LogP contribution in [-0.2, 0) is 4.79 Å². The molecule has 0 aromatic carbocycles. The minimum absolute atomic E-state index is 0.369. The monoisotopic (exact) mass is 210 g/mol. The van der Waals surface area contributed by atoms with Gasteiger partial charge in [0.15, 0.2) is 0 Å². The molecular weight excluding hydrogens is 188 g/mol. The lowest BCUT2D eigenvalue weighted by Gasteiger charge is -2.39. The van der Waals surface area contributed by atoms with Crippen molar-refractivity contribution in [2.75, 3.05) is 13.1 Å². The van der Waals surface area contributed by atoms with Crippen molar-refractivity contribution >= 4 is 5.91 Å². The third kappa shape index (κ3) is 2.51. The molecule has 0 aromatic rings. The highest BCUT2D eigenvalue weighted by Gasteiger charge is 2.29. The van der Waals surface area contributed by atoms with Gasteiger partial charge in [-0.05, 0) is 32.6 Å². The zero-order valence-electron chi connectivity index (χ0n) is 9.83. The number of piperazine rings is 1. The summed E-state index contributed by atoms with van der Waals surface area (Å²) in [5.74, 6) is 1.07. The summed E-state index contributed by atoms with van der Waals surface area (Å²) < 4.78 is 0. The maximum absolute atomic E-state index is 12.1. The zero-order chi connectivity index (χ0) is 10.8. The van der Waals surface area contributed by atoms with Crippen LogP contribution in [0.15, 0.2) is 0 Å². The van der Waals surface area contributed by atoms with Crippen LogP contribution in [0.1, 0.15) is 39.5 Å². The molecule has 2 rings (SSSR count). The fraction of sp³-hybridized carbons (Fsp3) is 0.917. The average molecular weight is 210 g/mol. The molecule has 0 aromatic heterocycles. The van der Waals surface area contributed by atoms with E-state index in [1.165, 1.54) is 19.3 Å². The van der Waals surface area contributed by atoms with Gasteiger partial charge in [-0.25, -0.2) is 0 Å². The van der Waals surface area contributed by atoms with Gasteiger partial charge < -0.3 is 10.2 Å². The molecule has 0 spiro atoms. The summed E-state index contributed by atoms with van der Waals surface area (Å²) in [7, 11) is 0. The number of carbonyl (C=O) groups excluding carboxylic acids is 1. The lowest BCUT2D eigenvalue weighted by Crippen LogP contribution is -2.56. The minimum atomic E-state index is 0.369. The lowest BCUT2D eigenvalue weighted by molar-refractivity contribution is -0.136. The van der Waals surface area contributed by atoms with E-state index in [4.69, 9.17) is 0 Å². The second-order valence-corrected chi connectivity index (χ2v) is 5.21. The van der Waals surface area contributed by atoms with Gasteiger partial charge in [0.25, 0.3) is 0 Å². The first kappa shape index (κ1) is 10.9. The fourth-order valence-electron chi connectivity index (χ4n) is 2.43. The molecule has 0 radical (unpaired) electrons. The third-order valence-corrected chi connectivity index (χ3v) is 3.77. The van der Waals surface area contributed by atoms with E-state index in [1.807, 2.05) is 0 Å². The van der Waals surface area contributed by atoms with E-state index < -0.39 is 0 Å². The number of carbonyl (C=O) groups is 1. The van der Waals surface area contributed by atoms with Crippen LogP contribution in [0.2, 0.25) is 0 Å². The summed E-state index contributed by atoms with van der Waals surface area (Å²) in [6.45, 7) is 6.11. The van der Waals surface area contributed by atoms with Crippen LogP contribution in [0, 0.1) is 5.92 Å². The minimum Gasteiger partial charge on any atom is -0.337 e. The Hall–Kier alpha value is -0.570.